The van der Waals surface area contributed by atoms with Crippen molar-refractivity contribution in [3.8, 4) is 0 Å². The van der Waals surface area contributed by atoms with Gasteiger partial charge in [-0.25, -0.2) is 4.39 Å². The van der Waals surface area contributed by atoms with Crippen LogP contribution in [0.3, 0.4) is 0 Å². The van der Waals surface area contributed by atoms with Crippen molar-refractivity contribution < 1.29 is 14.0 Å². The molecule has 0 saturated carbocycles. The average Bonchev–Trinajstić information content (AvgIpc) is 3.23. The van der Waals surface area contributed by atoms with E-state index in [1.165, 1.54) is 12.2 Å². The van der Waals surface area contributed by atoms with E-state index in [2.05, 4.69) is 11.9 Å². The second-order valence-corrected chi connectivity index (χ2v) is 8.26. The van der Waals surface area contributed by atoms with E-state index in [4.69, 9.17) is 5.73 Å². The van der Waals surface area contributed by atoms with Gasteiger partial charge in [0.15, 0.2) is 0 Å². The first-order valence-electron chi connectivity index (χ1n) is 10.8. The molecule has 1 aromatic rings. The molecule has 0 spiro atoms. The molecule has 1 aliphatic rings. The Morgan fingerprint density at radius 2 is 1.90 bits per heavy atom. The summed E-state index contributed by atoms with van der Waals surface area (Å²) in [5.41, 5.74) is 8.16. The molecule has 1 heterocycles. The van der Waals surface area contributed by atoms with Gasteiger partial charge in [-0.05, 0) is 49.8 Å². The number of hydrogen-bond acceptors (Lipinski definition) is 3. The summed E-state index contributed by atoms with van der Waals surface area (Å²) in [6.45, 7) is 11.6. The molecular formula is C25H34FN3O2. The minimum Gasteiger partial charge on any atom is -0.348 e. The van der Waals surface area contributed by atoms with E-state index in [0.29, 0.717) is 18.5 Å². The Morgan fingerprint density at radius 3 is 2.45 bits per heavy atom. The number of likely N-dealkylation sites (tertiary alicyclic amines) is 1. The van der Waals surface area contributed by atoms with Crippen LogP contribution < -0.4 is 11.1 Å². The Balaban J connectivity index is 2.08. The van der Waals surface area contributed by atoms with Crippen molar-refractivity contribution in [2.24, 2.45) is 11.7 Å². The highest BCUT2D eigenvalue weighted by Gasteiger charge is 2.37. The lowest BCUT2D eigenvalue weighted by Gasteiger charge is -2.29. The molecule has 0 aromatic heterocycles. The van der Waals surface area contributed by atoms with Gasteiger partial charge in [0.2, 0.25) is 11.8 Å². The second-order valence-electron chi connectivity index (χ2n) is 8.26. The first kappa shape index (κ1) is 24.5. The van der Waals surface area contributed by atoms with Crippen LogP contribution in [-0.2, 0) is 9.59 Å². The Labute approximate surface area is 184 Å². The van der Waals surface area contributed by atoms with Gasteiger partial charge < -0.3 is 16.0 Å². The van der Waals surface area contributed by atoms with Crippen molar-refractivity contribution in [2.45, 2.75) is 58.7 Å². The molecule has 0 bridgehead atoms. The number of nitrogens with two attached hydrogens (primary N) is 1. The van der Waals surface area contributed by atoms with Crippen LogP contribution in [0.15, 0.2) is 54.9 Å². The van der Waals surface area contributed by atoms with E-state index in [1.54, 1.807) is 17.9 Å². The number of allylic oxidation sites excluding steroid dienone is 5. The van der Waals surface area contributed by atoms with Gasteiger partial charge in [-0.3, -0.25) is 9.59 Å². The molecule has 3 atom stereocenters. The summed E-state index contributed by atoms with van der Waals surface area (Å²) in [7, 11) is 0. The summed E-state index contributed by atoms with van der Waals surface area (Å²) < 4.78 is 14.2. The fraction of sp³-hybridized carbons (Fsp3) is 0.440. The Morgan fingerprint density at radius 1 is 1.26 bits per heavy atom. The van der Waals surface area contributed by atoms with Crippen molar-refractivity contribution in [3.63, 3.8) is 0 Å². The molecule has 2 amide bonds. The third-order valence-electron chi connectivity index (χ3n) is 5.73. The number of rotatable bonds is 8. The fourth-order valence-electron chi connectivity index (χ4n) is 3.76. The zero-order chi connectivity index (χ0) is 23.1. The largest absolute Gasteiger partial charge is 0.348 e. The van der Waals surface area contributed by atoms with E-state index in [0.717, 1.165) is 17.5 Å². The Kier molecular flexibility index (Phi) is 8.75. The van der Waals surface area contributed by atoms with Gasteiger partial charge in [0.25, 0.3) is 0 Å². The molecule has 1 saturated heterocycles. The maximum absolute atomic E-state index is 14.2. The number of nitrogens with zero attached hydrogens (tertiary/aromatic N) is 1. The number of nitrogens with one attached hydrogen (secondary N) is 1. The van der Waals surface area contributed by atoms with Crippen LogP contribution in [0.4, 0.5) is 4.39 Å². The highest BCUT2D eigenvalue weighted by molar-refractivity contribution is 5.90. The maximum atomic E-state index is 14.2. The average molecular weight is 428 g/mol. The van der Waals surface area contributed by atoms with Crippen LogP contribution in [-0.4, -0.2) is 35.3 Å². The smallest absolute Gasteiger partial charge is 0.243 e. The lowest BCUT2D eigenvalue weighted by atomic mass is 10.00. The molecule has 168 valence electrons. The second kappa shape index (κ2) is 11.0. The molecule has 1 aromatic carbocycles. The predicted octanol–water partition coefficient (Wildman–Crippen LogP) is 4.28. The normalized spacial score (nSPS) is 19.3. The molecule has 0 aliphatic carbocycles. The van der Waals surface area contributed by atoms with E-state index in [9.17, 15) is 14.0 Å². The lowest BCUT2D eigenvalue weighted by molar-refractivity contribution is -0.140. The first-order valence-corrected chi connectivity index (χ1v) is 10.8. The van der Waals surface area contributed by atoms with Gasteiger partial charge in [0, 0.05) is 12.1 Å². The molecule has 5 nitrogen and oxygen atoms in total. The van der Waals surface area contributed by atoms with E-state index in [-0.39, 0.29) is 29.6 Å². The molecule has 0 radical (unpaired) electrons. The fourth-order valence-corrected chi connectivity index (χ4v) is 3.76. The van der Waals surface area contributed by atoms with Crippen LogP contribution in [0.5, 0.6) is 0 Å². The topological polar surface area (TPSA) is 75.4 Å². The Bertz CT molecular complexity index is 858. The van der Waals surface area contributed by atoms with Crippen molar-refractivity contribution >= 4 is 17.4 Å². The van der Waals surface area contributed by atoms with Crippen LogP contribution in [0, 0.1) is 5.92 Å². The highest BCUT2D eigenvalue weighted by Crippen LogP contribution is 2.26. The number of halogens is 1. The molecular weight excluding hydrogens is 393 g/mol. The summed E-state index contributed by atoms with van der Waals surface area (Å²) in [6, 6.07) is 6.06. The van der Waals surface area contributed by atoms with Crippen LogP contribution in [0.2, 0.25) is 0 Å². The van der Waals surface area contributed by atoms with Gasteiger partial charge in [-0.15, -0.1) is 0 Å². The summed E-state index contributed by atoms with van der Waals surface area (Å²) in [4.78, 5) is 27.2. The number of carbonyl (C=O) groups is 2. The third-order valence-corrected chi connectivity index (χ3v) is 5.73. The molecule has 3 N–H and O–H groups in total. The Hall–Kier alpha value is -2.73. The van der Waals surface area contributed by atoms with Gasteiger partial charge in [-0.2, -0.15) is 0 Å². The number of benzene rings is 1. The van der Waals surface area contributed by atoms with Crippen LogP contribution >= 0.6 is 0 Å². The van der Waals surface area contributed by atoms with Gasteiger partial charge in [-0.1, -0.05) is 56.8 Å². The molecule has 2 rings (SSSR count). The number of hydrogen-bond donors (Lipinski definition) is 2. The number of carbonyl (C=O) groups excluding carboxylic acids is 2. The van der Waals surface area contributed by atoms with Crippen LogP contribution in [0.25, 0.3) is 5.57 Å². The minimum absolute atomic E-state index is 0.0162. The third kappa shape index (κ3) is 5.91. The van der Waals surface area contributed by atoms with Gasteiger partial charge >= 0.3 is 0 Å². The molecule has 1 aliphatic heterocycles. The predicted molar refractivity (Wildman–Crippen MR) is 124 cm³/mol. The monoisotopic (exact) mass is 427 g/mol. The summed E-state index contributed by atoms with van der Waals surface area (Å²) in [6.07, 6.45) is 5.87. The summed E-state index contributed by atoms with van der Waals surface area (Å²) in [5, 5.41) is 3.01. The lowest BCUT2D eigenvalue weighted by Crippen LogP contribution is -2.52. The molecule has 1 fully saturated rings. The zero-order valence-corrected chi connectivity index (χ0v) is 18.9. The molecule has 6 heteroatoms. The number of amides is 2. The maximum Gasteiger partial charge on any atom is 0.243 e. The summed E-state index contributed by atoms with van der Waals surface area (Å²) >= 11 is 0. The van der Waals surface area contributed by atoms with Crippen LogP contribution in [0.1, 0.15) is 57.7 Å². The van der Waals surface area contributed by atoms with Gasteiger partial charge in [0.05, 0.1) is 12.1 Å². The quantitative estimate of drug-likeness (QED) is 0.608. The van der Waals surface area contributed by atoms with Crippen molar-refractivity contribution in [3.05, 3.63) is 66.0 Å². The van der Waals surface area contributed by atoms with E-state index in [1.807, 2.05) is 45.0 Å². The van der Waals surface area contributed by atoms with Gasteiger partial charge in [0.1, 0.15) is 11.9 Å². The van der Waals surface area contributed by atoms with Crippen molar-refractivity contribution in [2.75, 3.05) is 6.54 Å². The van der Waals surface area contributed by atoms with Crippen molar-refractivity contribution in [1.29, 1.82) is 0 Å². The highest BCUT2D eigenvalue weighted by atomic mass is 19.1. The minimum atomic E-state index is -0.602. The van der Waals surface area contributed by atoms with Crippen molar-refractivity contribution in [1.82, 2.24) is 10.2 Å². The zero-order valence-electron chi connectivity index (χ0n) is 18.9. The summed E-state index contributed by atoms with van der Waals surface area (Å²) in [5.74, 6) is -0.676. The van der Waals surface area contributed by atoms with E-state index >= 15 is 0 Å². The van der Waals surface area contributed by atoms with E-state index < -0.39 is 12.1 Å². The first-order chi connectivity index (χ1) is 14.7. The molecule has 3 unspecified atom stereocenters. The standard InChI is InChI=1S/C25H34FN3O2/c1-6-9-21(26)20(7-2)19-13-11-18(12-14-19)17(5)28-24(30)22-10-8-15-29(22)25(31)23(27)16(3)4/h6-7,9,11-14,16-17,22-23H,1,8,10,15,27H2,2-5H3,(H,28,30)/b20-7-,21-9+. The SMILES string of the molecule is C=C/C=C(F)\C(=C/C)c1ccc(C(C)NC(=O)C2CCCN2C(=O)C(N)C(C)C)cc1. The molecule has 31 heavy (non-hydrogen) atoms.